The number of nitrogens with zero attached hydrogens (tertiary/aromatic N) is 1. The second kappa shape index (κ2) is 51.6. The van der Waals surface area contributed by atoms with Gasteiger partial charge in [-0.1, -0.05) is 18.6 Å². The van der Waals surface area contributed by atoms with Crippen molar-refractivity contribution >= 4 is 87.2 Å². The second-order valence-electron chi connectivity index (χ2n) is 37.1. The van der Waals surface area contributed by atoms with E-state index in [1.54, 1.807) is 12.1 Å². The summed E-state index contributed by atoms with van der Waals surface area (Å²) in [5, 5.41) is 175. The predicted molar refractivity (Wildman–Crippen MR) is 520 cm³/mol. The molecule has 0 aromatic heterocycles. The summed E-state index contributed by atoms with van der Waals surface area (Å²) in [6.07, 6.45) is -35.6. The van der Waals surface area contributed by atoms with E-state index in [0.29, 0.717) is 87.9 Å². The van der Waals surface area contributed by atoms with Crippen LogP contribution in [0, 0.1) is 0 Å². The number of nitrogens with two attached hydrogens (primary N) is 12. The summed E-state index contributed by atoms with van der Waals surface area (Å²) in [7, 11) is 0. The molecular weight excluding hydrogens is 1940 g/mol. The molecule has 2 saturated carbocycles. The Kier molecular flexibility index (Phi) is 41.3. The van der Waals surface area contributed by atoms with E-state index in [1.807, 2.05) is 24.3 Å². The largest absolute Gasteiger partial charge is 0.508 e. The molecule has 1 spiro atoms. The Labute approximate surface area is 834 Å². The second-order valence-corrected chi connectivity index (χ2v) is 40.6. The molecule has 790 valence electrons. The molecule has 48 nitrogen and oxygen atoms in total. The number of aliphatic hydroxyl groups excluding tert-OH is 12. The van der Waals surface area contributed by atoms with Crippen LogP contribution in [0.3, 0.4) is 0 Å². The maximum absolute atomic E-state index is 13.8. The summed E-state index contributed by atoms with van der Waals surface area (Å²) in [4.78, 5) is 16.2. The van der Waals surface area contributed by atoms with E-state index < -0.39 is 250 Å². The number of carbonyl (C=O) groups excluding carboxylic acids is 1. The fraction of sp³-hybridized carbons (Fsp3) is 0.747. The van der Waals surface area contributed by atoms with Crippen molar-refractivity contribution in [2.45, 2.75) is 302 Å². The van der Waals surface area contributed by atoms with Crippen LogP contribution in [0.15, 0.2) is 60.7 Å². The monoisotopic (exact) mass is 2080 g/mol. The lowest BCUT2D eigenvalue weighted by atomic mass is 9.77. The van der Waals surface area contributed by atoms with E-state index in [-0.39, 0.29) is 68.4 Å². The highest BCUT2D eigenvalue weighted by atomic mass is 32.2. The molecule has 0 bridgehead atoms. The first kappa shape index (κ1) is 112. The van der Waals surface area contributed by atoms with Gasteiger partial charge in [-0.2, -0.15) is 23.5 Å². The third-order valence-corrected chi connectivity index (χ3v) is 30.2. The van der Waals surface area contributed by atoms with Gasteiger partial charge < -0.3 is 243 Å². The number of hydrogen-bond acceptors (Lipinski definition) is 47. The van der Waals surface area contributed by atoms with Crippen LogP contribution in [-0.2, 0) is 72.0 Å². The highest BCUT2D eigenvalue weighted by Gasteiger charge is 2.60. The van der Waals surface area contributed by atoms with E-state index >= 15 is 0 Å². The van der Waals surface area contributed by atoms with Crippen LogP contribution in [0.25, 0.3) is 0 Å². The quantitative estimate of drug-likeness (QED) is 0.0142. The molecule has 9 fully saturated rings. The van der Waals surface area contributed by atoms with Crippen molar-refractivity contribution in [3.05, 3.63) is 77.4 Å². The third-order valence-electron chi connectivity index (χ3n) is 27.2. The lowest BCUT2D eigenvalue weighted by molar-refractivity contribution is -0.306. The van der Waals surface area contributed by atoms with Crippen LogP contribution in [-0.4, -0.2) is 432 Å². The lowest BCUT2D eigenvalue weighted by Gasteiger charge is -2.47. The Morgan fingerprint density at radius 2 is 0.743 bits per heavy atom. The van der Waals surface area contributed by atoms with Gasteiger partial charge in [-0.15, -0.1) is 0 Å². The number of benzene rings is 3. The van der Waals surface area contributed by atoms with Gasteiger partial charge in [0, 0.05) is 141 Å². The molecule has 0 amide bonds. The molecule has 44 N–H and O–H groups in total. The lowest BCUT2D eigenvalue weighted by Crippen LogP contribution is -2.68. The number of phenols is 2. The number of unbranched alkanes of at least 4 members (excludes halogenated alkanes) is 3. The van der Waals surface area contributed by atoms with Crippen LogP contribution in [0.4, 0.5) is 5.69 Å². The Morgan fingerprint density at radius 1 is 0.393 bits per heavy atom. The molecular formula is C87H143N19O29S5. The summed E-state index contributed by atoms with van der Waals surface area (Å²) in [6.45, 7) is 3.88. The van der Waals surface area contributed by atoms with Crippen molar-refractivity contribution in [2.75, 3.05) is 107 Å². The van der Waals surface area contributed by atoms with E-state index in [2.05, 4.69) is 36.8 Å². The molecule has 53 heteroatoms. The van der Waals surface area contributed by atoms with Crippen LogP contribution in [0.5, 0.6) is 23.0 Å². The summed E-state index contributed by atoms with van der Waals surface area (Å²) >= 11 is 20.0. The van der Waals surface area contributed by atoms with Gasteiger partial charge in [0.25, 0.3) is 0 Å². The van der Waals surface area contributed by atoms with Gasteiger partial charge in [-0.25, -0.2) is 0 Å². The van der Waals surface area contributed by atoms with Crippen molar-refractivity contribution in [3.8, 4) is 23.0 Å². The van der Waals surface area contributed by atoms with Crippen molar-refractivity contribution in [2.24, 2.45) is 68.8 Å². The smallest absolute Gasteiger partial charge is 0.314 e. The zero-order valence-corrected chi connectivity index (χ0v) is 81.4. The van der Waals surface area contributed by atoms with Crippen molar-refractivity contribution in [3.63, 3.8) is 0 Å². The number of phenolic OH excluding ortho intramolecular Hbond substituents is 2. The van der Waals surface area contributed by atoms with Crippen molar-refractivity contribution in [1.82, 2.24) is 31.5 Å². The Hall–Kier alpha value is -5.18. The molecule has 10 aliphatic rings. The topological polar surface area (TPSA) is 817 Å². The standard InChI is InChI=1S/C87H143N19O29S5/c88-30-49-61(111)65(115)55(96)78(123-49)129-71-45(94)27-43(92)59(109)75(71)133-82-69(119)73(131-80-57(98)67(117)63(113)51(32-90)125-80)53(127-82)34-139-23-18-103-84(136)100-16-3-5-21-106(20-4-1-2-15-102-86(138)105-37-9-7-36(8-10-37)40-29-87(135-77(40)121)41-13-11-38(107)25-47(41)122-48-26-39(108)12-14-42(48)87)22-6-17-101-85(137)104-19-24-140-35-54-74(132-81-58(99)68(118)64(114)52(33-91)126-81)70(120)83(128-54)134-76-60(110)44(93)28-46(95)72(76)130-79-56(97)66(116)62(112)50(31-89)124-79/h7-14,25-26,40,43-46,49-76,78-83,107-120H,1-6,15-24,27-35,88-99H2,(H2,100,103,136)(H2,101,104,137)(H2,102,105,138)/t40?,43-,44-,45?,46?,49?,50?,51+,52+,53-,54-,55?,56?,57?,58?,59?,60?,61-,62-,63-,64-,65-,66-,67?,68?,69+,70+,71-,72-,73+,74+,75-,76-,78+,79+,80-,81-,82?,83?/m1/s1. The summed E-state index contributed by atoms with van der Waals surface area (Å²) < 4.78 is 86.5. The fourth-order valence-corrected chi connectivity index (χ4v) is 21.6. The van der Waals surface area contributed by atoms with E-state index in [9.17, 15) is 76.3 Å². The molecule has 15 unspecified atom stereocenters. The number of esters is 1. The zero-order valence-electron chi connectivity index (χ0n) is 77.3. The van der Waals surface area contributed by atoms with Crippen molar-refractivity contribution < 1.29 is 143 Å². The van der Waals surface area contributed by atoms with Gasteiger partial charge in [0.05, 0.1) is 54.5 Å². The van der Waals surface area contributed by atoms with Gasteiger partial charge in [0.2, 0.25) is 0 Å². The molecule has 8 heterocycles. The molecule has 2 aliphatic carbocycles. The number of thiocarbonyl (C=S) groups is 3. The maximum atomic E-state index is 13.8. The third kappa shape index (κ3) is 26.9. The summed E-state index contributed by atoms with van der Waals surface area (Å²) in [6, 6.07) is 7.77. The fourth-order valence-electron chi connectivity index (χ4n) is 19.1. The number of aromatic hydroxyl groups is 2. The van der Waals surface area contributed by atoms with Gasteiger partial charge in [0.1, 0.15) is 145 Å². The van der Waals surface area contributed by atoms with Gasteiger partial charge in [-0.3, -0.25) is 4.79 Å². The normalized spacial score (nSPS) is 38.5. The van der Waals surface area contributed by atoms with E-state index in [1.165, 1.54) is 47.8 Å². The van der Waals surface area contributed by atoms with Gasteiger partial charge >= 0.3 is 5.97 Å². The number of fused-ring (bicyclic) bond motifs is 4. The minimum absolute atomic E-state index is 0.0319. The number of aliphatic hydroxyl groups is 12. The minimum Gasteiger partial charge on any atom is -0.508 e. The summed E-state index contributed by atoms with van der Waals surface area (Å²) in [5.41, 5.74) is 76.0. The highest BCUT2D eigenvalue weighted by Crippen LogP contribution is 2.58. The maximum Gasteiger partial charge on any atom is 0.314 e. The molecule has 39 atom stereocenters. The van der Waals surface area contributed by atoms with Crippen LogP contribution >= 0.6 is 60.2 Å². The van der Waals surface area contributed by atoms with Crippen molar-refractivity contribution in [1.29, 1.82) is 0 Å². The van der Waals surface area contributed by atoms with Gasteiger partial charge in [-0.05, 0) is 143 Å². The number of nitrogens with one attached hydrogen (secondary N) is 6. The molecule has 8 aliphatic heterocycles. The number of ether oxygens (including phenoxy) is 14. The highest BCUT2D eigenvalue weighted by molar-refractivity contribution is 7.99. The van der Waals surface area contributed by atoms with Crippen LogP contribution in [0.1, 0.15) is 80.4 Å². The molecule has 3 aromatic rings. The molecule has 3 aromatic carbocycles. The summed E-state index contributed by atoms with van der Waals surface area (Å²) in [5.74, 6) is 0.719. The van der Waals surface area contributed by atoms with Crippen LogP contribution in [0.2, 0.25) is 0 Å². The predicted octanol–water partition coefficient (Wildman–Crippen LogP) is -10.2. The number of rotatable bonds is 43. The first-order valence-corrected chi connectivity index (χ1v) is 51.0. The number of hydrogen-bond donors (Lipinski definition) is 32. The Bertz CT molecular complexity index is 4390. The SMILES string of the molecule is NCC1O[C@@H](O[C@@H]2C(N)C[C@@H](N)C(O)[C@H]2OC2O[C@H](CSCCNC(=S)NCCCCN(CCCCCNC(=S)Nc3ccc(C4CC5(OC4=O)c4ccc(O)cc4Oc4cc(O)ccc45)cc3)CCCNC(=S)NCCSC[C@H]3OC(O[C@@H]4C(O)[C@H](N)CC(N)[C@H]4O[C@@H]4OC(CN)[C@@H](O)[C@H](O)C4N)[C@@H](O)[C@H]3O[C@H]3O[C@@H](CN)[C@@H](O)C(O)C3N)[C@H](O[C@H]3O[C@@H](CN)[C@@H](O)C(O)C3N)[C@@H]2O)C(N)[C@@H](O)[C@@H]1O. The number of thioether (sulfide) groups is 2. The average Bonchev–Trinajstić information content (AvgIpc) is 1.52. The van der Waals surface area contributed by atoms with Crippen LogP contribution < -0.4 is 105 Å². The van der Waals surface area contributed by atoms with E-state index in [4.69, 9.17) is 172 Å². The molecule has 7 saturated heterocycles. The van der Waals surface area contributed by atoms with E-state index in [0.717, 1.165) is 63.7 Å². The minimum atomic E-state index is -1.63. The molecule has 140 heavy (non-hydrogen) atoms. The molecule has 13 rings (SSSR count). The average molecular weight is 2080 g/mol. The number of carbonyl (C=O) groups is 1. The first-order valence-electron chi connectivity index (χ1n) is 47.5. The molecule has 0 radical (unpaired) electrons. The van der Waals surface area contributed by atoms with Gasteiger partial charge in [0.15, 0.2) is 58.7 Å². The number of anilines is 1. The zero-order chi connectivity index (χ0) is 101. The Morgan fingerprint density at radius 3 is 1.15 bits per heavy atom. The first-order chi connectivity index (χ1) is 67.0. The Balaban J connectivity index is 0.584.